The molecule has 0 spiro atoms. The van der Waals surface area contributed by atoms with Crippen LogP contribution in [-0.2, 0) is 4.79 Å². The minimum absolute atomic E-state index is 0.111. The summed E-state index contributed by atoms with van der Waals surface area (Å²) in [6.07, 6.45) is 1.12. The zero-order valence-corrected chi connectivity index (χ0v) is 14.0. The van der Waals surface area contributed by atoms with Crippen LogP contribution in [0.3, 0.4) is 0 Å². The first kappa shape index (κ1) is 17.9. The van der Waals surface area contributed by atoms with Crippen LogP contribution in [0.25, 0.3) is 10.8 Å². The van der Waals surface area contributed by atoms with Crippen LogP contribution in [0.15, 0.2) is 65.8 Å². The normalized spacial score (nSPS) is 10.8. The Balaban J connectivity index is 1.61. The van der Waals surface area contributed by atoms with E-state index in [1.165, 1.54) is 18.2 Å². The first-order valence-electron chi connectivity index (χ1n) is 7.95. The van der Waals surface area contributed by atoms with Crippen LogP contribution in [0, 0.1) is 10.1 Å². The smallest absolute Gasteiger partial charge is 0.311 e. The van der Waals surface area contributed by atoms with E-state index in [0.717, 1.165) is 17.0 Å². The van der Waals surface area contributed by atoms with Gasteiger partial charge in [-0.05, 0) is 17.5 Å². The molecule has 2 N–H and O–H groups in total. The number of rotatable bonds is 6. The molecule has 0 bridgehead atoms. The molecule has 136 valence electrons. The second kappa shape index (κ2) is 7.96. The summed E-state index contributed by atoms with van der Waals surface area (Å²) >= 11 is 0. The lowest BCUT2D eigenvalue weighted by molar-refractivity contribution is -0.385. The number of nitro groups is 1. The van der Waals surface area contributed by atoms with E-state index in [1.54, 1.807) is 6.07 Å². The van der Waals surface area contributed by atoms with Crippen LogP contribution in [0.2, 0.25) is 0 Å². The number of hydrogen-bond donors (Lipinski definition) is 2. The highest BCUT2D eigenvalue weighted by atomic mass is 16.6. The van der Waals surface area contributed by atoms with Gasteiger partial charge in [-0.2, -0.15) is 5.10 Å². The first-order chi connectivity index (χ1) is 13.1. The van der Waals surface area contributed by atoms with Crippen molar-refractivity contribution >= 4 is 28.6 Å². The number of benzene rings is 3. The Morgan fingerprint density at radius 2 is 1.89 bits per heavy atom. The van der Waals surface area contributed by atoms with Gasteiger partial charge in [-0.3, -0.25) is 14.9 Å². The summed E-state index contributed by atoms with van der Waals surface area (Å²) in [5.41, 5.74) is 1.92. The molecule has 0 aliphatic heterocycles. The molecule has 0 aliphatic rings. The van der Waals surface area contributed by atoms with E-state index in [0.29, 0.717) is 5.75 Å². The van der Waals surface area contributed by atoms with Crippen molar-refractivity contribution in [3.05, 3.63) is 76.3 Å². The lowest BCUT2D eigenvalue weighted by Crippen LogP contribution is -2.24. The Labute approximate surface area is 153 Å². The molecule has 0 aliphatic carbocycles. The van der Waals surface area contributed by atoms with Crippen molar-refractivity contribution in [3.63, 3.8) is 0 Å². The summed E-state index contributed by atoms with van der Waals surface area (Å²) in [4.78, 5) is 22.0. The van der Waals surface area contributed by atoms with Crippen LogP contribution in [0.5, 0.6) is 11.5 Å². The molecule has 0 fully saturated rings. The van der Waals surface area contributed by atoms with Crippen molar-refractivity contribution in [2.45, 2.75) is 0 Å². The topological polar surface area (TPSA) is 114 Å². The number of carbonyl (C=O) groups is 1. The third-order valence-corrected chi connectivity index (χ3v) is 3.74. The predicted octanol–water partition coefficient (Wildman–Crippen LogP) is 2.98. The van der Waals surface area contributed by atoms with E-state index in [4.69, 9.17) is 4.74 Å². The number of ether oxygens (including phenoxy) is 1. The van der Waals surface area contributed by atoms with Crippen LogP contribution < -0.4 is 10.2 Å². The zero-order valence-electron chi connectivity index (χ0n) is 14.0. The minimum atomic E-state index is -0.705. The summed E-state index contributed by atoms with van der Waals surface area (Å²) in [6, 6.07) is 17.2. The molecule has 0 heterocycles. The van der Waals surface area contributed by atoms with Gasteiger partial charge < -0.3 is 9.84 Å². The predicted molar refractivity (Wildman–Crippen MR) is 99.9 cm³/mol. The Bertz CT molecular complexity index is 1030. The molecule has 0 radical (unpaired) electrons. The standard InChI is InChI=1S/C19H15N3O5/c23-18(12-27-17-10-4-6-13-5-1-2-8-15(13)17)21-20-11-14-7-3-9-16(19(14)24)22(25)26/h1-11,24H,12H2,(H,21,23)/b20-11+. The molecule has 0 aromatic heterocycles. The van der Waals surface area contributed by atoms with Crippen molar-refractivity contribution in [1.29, 1.82) is 0 Å². The van der Waals surface area contributed by atoms with Crippen molar-refractivity contribution in [1.82, 2.24) is 5.43 Å². The van der Waals surface area contributed by atoms with Gasteiger partial charge in [0.05, 0.1) is 11.1 Å². The van der Waals surface area contributed by atoms with Gasteiger partial charge in [0.15, 0.2) is 6.61 Å². The molecule has 0 saturated heterocycles. The summed E-state index contributed by atoms with van der Waals surface area (Å²) in [7, 11) is 0. The molecule has 0 saturated carbocycles. The number of phenolic OH excluding ortho intramolecular Hbond substituents is 1. The van der Waals surface area contributed by atoms with Gasteiger partial charge in [0, 0.05) is 17.0 Å². The van der Waals surface area contributed by atoms with Crippen LogP contribution >= 0.6 is 0 Å². The second-order valence-electron chi connectivity index (χ2n) is 5.53. The number of hydrogen-bond acceptors (Lipinski definition) is 6. The quantitative estimate of drug-likeness (QED) is 0.396. The van der Waals surface area contributed by atoms with Gasteiger partial charge in [-0.15, -0.1) is 0 Å². The van der Waals surface area contributed by atoms with E-state index >= 15 is 0 Å². The number of fused-ring (bicyclic) bond motifs is 1. The zero-order chi connectivity index (χ0) is 19.2. The number of hydrazone groups is 1. The Morgan fingerprint density at radius 1 is 1.15 bits per heavy atom. The fourth-order valence-corrected chi connectivity index (χ4v) is 2.47. The highest BCUT2D eigenvalue weighted by Gasteiger charge is 2.15. The largest absolute Gasteiger partial charge is 0.502 e. The number of nitrogens with one attached hydrogen (secondary N) is 1. The Kier molecular flexibility index (Phi) is 5.27. The van der Waals surface area contributed by atoms with E-state index in [9.17, 15) is 20.0 Å². The Hall–Kier alpha value is -3.94. The van der Waals surface area contributed by atoms with E-state index in [-0.39, 0.29) is 12.2 Å². The van der Waals surface area contributed by atoms with Gasteiger partial charge >= 0.3 is 5.69 Å². The van der Waals surface area contributed by atoms with Gasteiger partial charge in [0.1, 0.15) is 5.75 Å². The molecule has 3 aromatic carbocycles. The highest BCUT2D eigenvalue weighted by Crippen LogP contribution is 2.28. The van der Waals surface area contributed by atoms with Crippen molar-refractivity contribution in [2.24, 2.45) is 5.10 Å². The number of phenols is 1. The van der Waals surface area contributed by atoms with Crippen LogP contribution in [0.1, 0.15) is 5.56 Å². The molecular weight excluding hydrogens is 350 g/mol. The molecule has 0 atom stereocenters. The van der Waals surface area contributed by atoms with Gasteiger partial charge in [-0.1, -0.05) is 42.5 Å². The monoisotopic (exact) mass is 365 g/mol. The molecular formula is C19H15N3O5. The van der Waals surface area contributed by atoms with Gasteiger partial charge in [-0.25, -0.2) is 5.43 Å². The molecule has 3 aromatic rings. The maximum atomic E-state index is 11.9. The average molecular weight is 365 g/mol. The first-order valence-corrected chi connectivity index (χ1v) is 7.95. The number of carbonyl (C=O) groups excluding carboxylic acids is 1. The fraction of sp³-hybridized carbons (Fsp3) is 0.0526. The molecule has 1 amide bonds. The van der Waals surface area contributed by atoms with Crippen molar-refractivity contribution < 1.29 is 19.6 Å². The minimum Gasteiger partial charge on any atom is -0.502 e. The van der Waals surface area contributed by atoms with E-state index in [1.807, 2.05) is 36.4 Å². The number of amides is 1. The maximum absolute atomic E-state index is 11.9. The third kappa shape index (κ3) is 4.18. The average Bonchev–Trinajstić information content (AvgIpc) is 2.67. The number of nitrogens with zero attached hydrogens (tertiary/aromatic N) is 2. The van der Waals surface area contributed by atoms with E-state index in [2.05, 4.69) is 10.5 Å². The number of nitro benzene ring substituents is 1. The van der Waals surface area contributed by atoms with E-state index < -0.39 is 22.3 Å². The number of para-hydroxylation sites is 1. The second-order valence-corrected chi connectivity index (χ2v) is 5.53. The molecule has 27 heavy (non-hydrogen) atoms. The molecule has 8 nitrogen and oxygen atoms in total. The SMILES string of the molecule is O=C(COc1cccc2ccccc12)N/N=C/c1cccc([N+](=O)[O-])c1O. The fourth-order valence-electron chi connectivity index (χ4n) is 2.47. The van der Waals surface area contributed by atoms with Crippen molar-refractivity contribution in [3.8, 4) is 11.5 Å². The summed E-state index contributed by atoms with van der Waals surface area (Å²) < 4.78 is 5.53. The Morgan fingerprint density at radius 3 is 2.70 bits per heavy atom. The van der Waals surface area contributed by atoms with Crippen molar-refractivity contribution in [2.75, 3.05) is 6.61 Å². The molecule has 0 unspecified atom stereocenters. The summed E-state index contributed by atoms with van der Waals surface area (Å²) in [5.74, 6) is -0.458. The van der Waals surface area contributed by atoms with Gasteiger partial charge in [0.25, 0.3) is 5.91 Å². The number of aromatic hydroxyl groups is 1. The molecule has 8 heteroatoms. The highest BCUT2D eigenvalue weighted by molar-refractivity contribution is 5.89. The lowest BCUT2D eigenvalue weighted by atomic mass is 10.1. The lowest BCUT2D eigenvalue weighted by Gasteiger charge is -2.08. The van der Waals surface area contributed by atoms with Crippen LogP contribution in [-0.4, -0.2) is 28.8 Å². The van der Waals surface area contributed by atoms with Gasteiger partial charge in [0.2, 0.25) is 5.75 Å². The van der Waals surface area contributed by atoms with Crippen LogP contribution in [0.4, 0.5) is 5.69 Å². The summed E-state index contributed by atoms with van der Waals surface area (Å²) in [5, 5.41) is 26.2. The summed E-state index contributed by atoms with van der Waals surface area (Å²) in [6.45, 7) is -0.258. The molecule has 3 rings (SSSR count). The third-order valence-electron chi connectivity index (χ3n) is 3.74. The maximum Gasteiger partial charge on any atom is 0.311 e.